The van der Waals surface area contributed by atoms with Crippen molar-refractivity contribution in [3.63, 3.8) is 0 Å². The maximum atomic E-state index is 10.9. The lowest BCUT2D eigenvalue weighted by Gasteiger charge is -2.06. The summed E-state index contributed by atoms with van der Waals surface area (Å²) in [5, 5.41) is 19.5. The Morgan fingerprint density at radius 2 is 2.10 bits per heavy atom. The second-order valence-electron chi connectivity index (χ2n) is 3.52. The number of nitrogens with zero attached hydrogens (tertiary/aromatic N) is 4. The predicted octanol–water partition coefficient (Wildman–Crippen LogP) is 1.33. The van der Waals surface area contributed by atoms with Gasteiger partial charge >= 0.3 is 11.6 Å². The third-order valence-electron chi connectivity index (χ3n) is 2.26. The minimum Gasteiger partial charge on any atom is -0.434 e. The molecule has 0 radical (unpaired) electrons. The molecule has 0 aliphatic carbocycles. The van der Waals surface area contributed by atoms with E-state index in [1.54, 1.807) is 0 Å². The smallest absolute Gasteiger partial charge is 0.349 e. The van der Waals surface area contributed by atoms with E-state index in [0.29, 0.717) is 11.3 Å². The van der Waals surface area contributed by atoms with Crippen molar-refractivity contribution in [2.45, 2.75) is 0 Å². The number of nitrogens with one attached hydrogen (secondary N) is 1. The van der Waals surface area contributed by atoms with E-state index in [2.05, 4.69) is 15.4 Å². The van der Waals surface area contributed by atoms with E-state index >= 15 is 0 Å². The molecule has 1 aromatic carbocycles. The van der Waals surface area contributed by atoms with Crippen molar-refractivity contribution in [2.75, 3.05) is 5.43 Å². The number of nitrogens with two attached hydrogens (primary N) is 1. The van der Waals surface area contributed by atoms with E-state index in [9.17, 15) is 10.1 Å². The molecule has 2 aromatic rings. The lowest BCUT2D eigenvalue weighted by molar-refractivity contribution is -0.386. The largest absolute Gasteiger partial charge is 0.434 e. The molecule has 9 heteroatoms. The molecule has 0 fully saturated rings. The summed E-state index contributed by atoms with van der Waals surface area (Å²) in [6.07, 6.45) is 0.987. The van der Waals surface area contributed by atoms with E-state index in [0.717, 1.165) is 6.20 Å². The molecule has 0 amide bonds. The Balaban J connectivity index is 2.35. The summed E-state index contributed by atoms with van der Waals surface area (Å²) in [7, 11) is 0. The SMILES string of the molecule is N#Cc1ccc(Oc2nc(NN)ncc2[N+](=O)[O-])cc1. The van der Waals surface area contributed by atoms with Gasteiger partial charge in [0.25, 0.3) is 0 Å². The molecule has 100 valence electrons. The fourth-order valence-electron chi connectivity index (χ4n) is 1.34. The number of ether oxygens (including phenoxy) is 1. The first-order valence-corrected chi connectivity index (χ1v) is 5.30. The van der Waals surface area contributed by atoms with Crippen LogP contribution in [0.25, 0.3) is 0 Å². The molecular weight excluding hydrogens is 264 g/mol. The quantitative estimate of drug-likeness (QED) is 0.482. The van der Waals surface area contributed by atoms with Crippen LogP contribution in [-0.4, -0.2) is 14.9 Å². The van der Waals surface area contributed by atoms with Crippen molar-refractivity contribution in [3.8, 4) is 17.7 Å². The number of nitro groups is 1. The van der Waals surface area contributed by atoms with Crippen molar-refractivity contribution in [3.05, 3.63) is 46.1 Å². The summed E-state index contributed by atoms with van der Waals surface area (Å²) in [5.74, 6) is 5.18. The van der Waals surface area contributed by atoms with Gasteiger partial charge in [-0.1, -0.05) is 0 Å². The van der Waals surface area contributed by atoms with Gasteiger partial charge in [0.05, 0.1) is 16.6 Å². The first kappa shape index (κ1) is 13.2. The summed E-state index contributed by atoms with van der Waals surface area (Å²) in [6, 6.07) is 7.99. The van der Waals surface area contributed by atoms with Crippen LogP contribution in [0.5, 0.6) is 11.6 Å². The monoisotopic (exact) mass is 272 g/mol. The Bertz CT molecular complexity index is 680. The van der Waals surface area contributed by atoms with Gasteiger partial charge in [-0.05, 0) is 24.3 Å². The number of hydrogen-bond acceptors (Lipinski definition) is 8. The van der Waals surface area contributed by atoms with Crippen molar-refractivity contribution >= 4 is 11.6 Å². The van der Waals surface area contributed by atoms with Crippen LogP contribution < -0.4 is 16.0 Å². The van der Waals surface area contributed by atoms with Crippen LogP contribution in [0.3, 0.4) is 0 Å². The minimum absolute atomic E-state index is 0.0146. The predicted molar refractivity (Wildman–Crippen MR) is 67.7 cm³/mol. The Morgan fingerprint density at radius 1 is 1.40 bits per heavy atom. The molecule has 9 nitrogen and oxygen atoms in total. The van der Waals surface area contributed by atoms with Crippen LogP contribution in [0.15, 0.2) is 30.5 Å². The molecule has 20 heavy (non-hydrogen) atoms. The number of aromatic nitrogens is 2. The molecule has 3 N–H and O–H groups in total. The van der Waals surface area contributed by atoms with Gasteiger partial charge < -0.3 is 4.74 Å². The van der Waals surface area contributed by atoms with Crippen molar-refractivity contribution < 1.29 is 9.66 Å². The maximum Gasteiger partial charge on any atom is 0.349 e. The van der Waals surface area contributed by atoms with E-state index in [1.807, 2.05) is 6.07 Å². The highest BCUT2D eigenvalue weighted by Crippen LogP contribution is 2.29. The van der Waals surface area contributed by atoms with Gasteiger partial charge in [0.1, 0.15) is 11.9 Å². The van der Waals surface area contributed by atoms with E-state index < -0.39 is 10.6 Å². The number of rotatable bonds is 4. The van der Waals surface area contributed by atoms with Crippen molar-refractivity contribution in [2.24, 2.45) is 5.84 Å². The van der Waals surface area contributed by atoms with Crippen LogP contribution in [0.2, 0.25) is 0 Å². The summed E-state index contributed by atoms with van der Waals surface area (Å²) < 4.78 is 5.32. The molecule has 0 saturated heterocycles. The zero-order valence-electron chi connectivity index (χ0n) is 9.98. The zero-order chi connectivity index (χ0) is 14.5. The molecule has 0 aliphatic rings. The van der Waals surface area contributed by atoms with Gasteiger partial charge in [0.2, 0.25) is 5.95 Å². The first-order chi connectivity index (χ1) is 9.63. The fraction of sp³-hybridized carbons (Fsp3) is 0. The zero-order valence-corrected chi connectivity index (χ0v) is 9.98. The topological polar surface area (TPSA) is 140 Å². The minimum atomic E-state index is -0.667. The van der Waals surface area contributed by atoms with Gasteiger partial charge in [-0.3, -0.25) is 15.5 Å². The van der Waals surface area contributed by atoms with Gasteiger partial charge in [0, 0.05) is 0 Å². The van der Waals surface area contributed by atoms with Crippen molar-refractivity contribution in [1.82, 2.24) is 9.97 Å². The number of nitrogen functional groups attached to an aromatic ring is 1. The van der Waals surface area contributed by atoms with Crippen molar-refractivity contribution in [1.29, 1.82) is 5.26 Å². The summed E-state index contributed by atoms with van der Waals surface area (Å²) >= 11 is 0. The molecule has 0 saturated carbocycles. The number of anilines is 1. The molecule has 1 heterocycles. The van der Waals surface area contributed by atoms with Gasteiger partial charge in [-0.25, -0.2) is 10.8 Å². The third kappa shape index (κ3) is 2.77. The summed E-state index contributed by atoms with van der Waals surface area (Å²) in [5.41, 5.74) is 2.22. The molecule has 0 spiro atoms. The number of nitriles is 1. The summed E-state index contributed by atoms with van der Waals surface area (Å²) in [6.45, 7) is 0. The number of hydrogen-bond donors (Lipinski definition) is 2. The highest BCUT2D eigenvalue weighted by molar-refractivity contribution is 5.45. The highest BCUT2D eigenvalue weighted by Gasteiger charge is 2.19. The maximum absolute atomic E-state index is 10.9. The van der Waals surface area contributed by atoms with E-state index in [1.165, 1.54) is 24.3 Å². The normalized spacial score (nSPS) is 9.60. The Kier molecular flexibility index (Phi) is 3.69. The van der Waals surface area contributed by atoms with Crippen LogP contribution in [-0.2, 0) is 0 Å². The molecule has 0 aliphatic heterocycles. The first-order valence-electron chi connectivity index (χ1n) is 5.30. The molecule has 0 atom stereocenters. The second kappa shape index (κ2) is 5.59. The Hall–Kier alpha value is -3.25. The lowest BCUT2D eigenvalue weighted by atomic mass is 10.2. The van der Waals surface area contributed by atoms with E-state index in [4.69, 9.17) is 15.8 Å². The third-order valence-corrected chi connectivity index (χ3v) is 2.26. The number of hydrazine groups is 1. The fourth-order valence-corrected chi connectivity index (χ4v) is 1.34. The molecule has 1 aromatic heterocycles. The molecular formula is C11H8N6O3. The Morgan fingerprint density at radius 3 is 2.65 bits per heavy atom. The van der Waals surface area contributed by atoms with Gasteiger partial charge in [0.15, 0.2) is 0 Å². The number of benzene rings is 1. The standard InChI is InChI=1S/C11H8N6O3/c12-5-7-1-3-8(4-2-7)20-10-9(17(18)19)6-14-11(15-10)16-13/h1-4,6H,13H2,(H,14,15,16). The summed E-state index contributed by atoms with van der Waals surface area (Å²) in [4.78, 5) is 17.6. The van der Waals surface area contributed by atoms with E-state index in [-0.39, 0.29) is 11.8 Å². The highest BCUT2D eigenvalue weighted by atomic mass is 16.6. The van der Waals surface area contributed by atoms with Crippen LogP contribution in [0.1, 0.15) is 5.56 Å². The van der Waals surface area contributed by atoms with Crippen LogP contribution >= 0.6 is 0 Å². The second-order valence-corrected chi connectivity index (χ2v) is 3.52. The Labute approximate surface area is 112 Å². The van der Waals surface area contributed by atoms with Crippen LogP contribution in [0.4, 0.5) is 11.6 Å². The average Bonchev–Trinajstić information content (AvgIpc) is 2.47. The van der Waals surface area contributed by atoms with Gasteiger partial charge in [-0.15, -0.1) is 0 Å². The average molecular weight is 272 g/mol. The van der Waals surface area contributed by atoms with Gasteiger partial charge in [-0.2, -0.15) is 10.2 Å². The molecule has 0 bridgehead atoms. The molecule has 0 unspecified atom stereocenters. The van der Waals surface area contributed by atoms with Crippen LogP contribution in [0, 0.1) is 21.4 Å². The molecule has 2 rings (SSSR count). The lowest BCUT2D eigenvalue weighted by Crippen LogP contribution is -2.11.